The predicted molar refractivity (Wildman–Crippen MR) is 69.2 cm³/mol. The largest absolute Gasteiger partial charge is 0.350 e. The van der Waals surface area contributed by atoms with E-state index in [1.165, 1.54) is 16.2 Å². The van der Waals surface area contributed by atoms with Gasteiger partial charge in [-0.2, -0.15) is 0 Å². The minimum absolute atomic E-state index is 0.0774. The first kappa shape index (κ1) is 13.7. The molecule has 0 fully saturated rings. The molecule has 0 aliphatic heterocycles. The lowest BCUT2D eigenvalue weighted by atomic mass is 10.1. The number of nitrogens with zero attached hydrogens (tertiary/aromatic N) is 1. The van der Waals surface area contributed by atoms with Crippen molar-refractivity contribution in [3.8, 4) is 0 Å². The van der Waals surface area contributed by atoms with Crippen LogP contribution in [-0.2, 0) is 4.79 Å². The van der Waals surface area contributed by atoms with Gasteiger partial charge in [-0.25, -0.2) is 0 Å². The van der Waals surface area contributed by atoms with Gasteiger partial charge in [0, 0.05) is 12.6 Å². The topological polar surface area (TPSA) is 49.4 Å². The SMILES string of the molecule is CN(CC(=O)NC(C)(C)C)C(=O)c1cccs1. The number of hydrogen-bond acceptors (Lipinski definition) is 3. The number of thiophene rings is 1. The Morgan fingerprint density at radius 3 is 2.53 bits per heavy atom. The van der Waals surface area contributed by atoms with Crippen LogP contribution in [0.2, 0.25) is 0 Å². The van der Waals surface area contributed by atoms with E-state index in [4.69, 9.17) is 0 Å². The molecule has 1 aromatic rings. The number of likely N-dealkylation sites (N-methyl/N-ethyl adjacent to an activating group) is 1. The molecule has 0 radical (unpaired) electrons. The van der Waals surface area contributed by atoms with Crippen LogP contribution in [-0.4, -0.2) is 35.8 Å². The highest BCUT2D eigenvalue weighted by molar-refractivity contribution is 7.12. The van der Waals surface area contributed by atoms with Gasteiger partial charge in [0.2, 0.25) is 5.91 Å². The van der Waals surface area contributed by atoms with E-state index in [2.05, 4.69) is 5.32 Å². The maximum Gasteiger partial charge on any atom is 0.264 e. The Balaban J connectivity index is 2.52. The van der Waals surface area contributed by atoms with Crippen LogP contribution in [0.4, 0.5) is 0 Å². The molecule has 4 nitrogen and oxygen atoms in total. The first-order valence-corrected chi connectivity index (χ1v) is 6.27. The summed E-state index contributed by atoms with van der Waals surface area (Å²) >= 11 is 1.38. The molecule has 0 unspecified atom stereocenters. The molecule has 0 aliphatic rings. The quantitative estimate of drug-likeness (QED) is 0.893. The van der Waals surface area contributed by atoms with E-state index in [9.17, 15) is 9.59 Å². The first-order valence-electron chi connectivity index (χ1n) is 5.39. The molecule has 1 heterocycles. The summed E-state index contributed by atoms with van der Waals surface area (Å²) in [6, 6.07) is 3.58. The van der Waals surface area contributed by atoms with Gasteiger partial charge in [-0.3, -0.25) is 9.59 Å². The van der Waals surface area contributed by atoms with E-state index >= 15 is 0 Å². The van der Waals surface area contributed by atoms with Gasteiger partial charge in [-0.15, -0.1) is 11.3 Å². The van der Waals surface area contributed by atoms with Crippen LogP contribution in [0.25, 0.3) is 0 Å². The van der Waals surface area contributed by atoms with Crippen molar-refractivity contribution in [3.05, 3.63) is 22.4 Å². The summed E-state index contributed by atoms with van der Waals surface area (Å²) in [7, 11) is 1.63. The summed E-state index contributed by atoms with van der Waals surface area (Å²) in [5.74, 6) is -0.269. The lowest BCUT2D eigenvalue weighted by Gasteiger charge is -2.23. The van der Waals surface area contributed by atoms with Crippen molar-refractivity contribution in [3.63, 3.8) is 0 Å². The number of hydrogen-bond donors (Lipinski definition) is 1. The molecule has 0 aliphatic carbocycles. The molecule has 17 heavy (non-hydrogen) atoms. The zero-order chi connectivity index (χ0) is 13.1. The van der Waals surface area contributed by atoms with Crippen molar-refractivity contribution in [1.29, 1.82) is 0 Å². The third kappa shape index (κ3) is 4.56. The summed E-state index contributed by atoms with van der Waals surface area (Å²) in [6.45, 7) is 5.80. The van der Waals surface area contributed by atoms with Crippen LogP contribution in [0.3, 0.4) is 0 Å². The smallest absolute Gasteiger partial charge is 0.264 e. The first-order chi connectivity index (χ1) is 7.79. The molecule has 1 aromatic heterocycles. The number of nitrogens with one attached hydrogen (secondary N) is 1. The molecule has 1 rings (SSSR count). The van der Waals surface area contributed by atoms with Crippen molar-refractivity contribution in [2.45, 2.75) is 26.3 Å². The molecule has 0 spiro atoms. The standard InChI is InChI=1S/C12H18N2O2S/c1-12(2,3)13-10(15)8-14(4)11(16)9-6-5-7-17-9/h5-7H,8H2,1-4H3,(H,13,15). The minimum atomic E-state index is -0.274. The van der Waals surface area contributed by atoms with E-state index < -0.39 is 0 Å². The van der Waals surface area contributed by atoms with E-state index in [1.807, 2.05) is 32.2 Å². The second-order valence-electron chi connectivity index (χ2n) is 4.94. The number of amides is 2. The normalized spacial score (nSPS) is 11.1. The van der Waals surface area contributed by atoms with Gasteiger partial charge in [0.25, 0.3) is 5.91 Å². The Morgan fingerprint density at radius 1 is 1.41 bits per heavy atom. The van der Waals surface area contributed by atoms with E-state index in [-0.39, 0.29) is 23.9 Å². The Bertz CT molecular complexity index is 393. The average molecular weight is 254 g/mol. The van der Waals surface area contributed by atoms with Gasteiger partial charge in [0.1, 0.15) is 0 Å². The van der Waals surface area contributed by atoms with E-state index in [0.29, 0.717) is 4.88 Å². The third-order valence-corrected chi connectivity index (χ3v) is 2.83. The van der Waals surface area contributed by atoms with Crippen molar-refractivity contribution >= 4 is 23.2 Å². The molecule has 1 N–H and O–H groups in total. The Hall–Kier alpha value is -1.36. The fourth-order valence-electron chi connectivity index (χ4n) is 1.33. The molecule has 2 amide bonds. The van der Waals surface area contributed by atoms with Crippen LogP contribution in [0.15, 0.2) is 17.5 Å². The fourth-order valence-corrected chi connectivity index (χ4v) is 2.05. The van der Waals surface area contributed by atoms with Crippen LogP contribution in [0, 0.1) is 0 Å². The van der Waals surface area contributed by atoms with Gasteiger partial charge in [-0.05, 0) is 32.2 Å². The number of carbonyl (C=O) groups is 2. The molecule has 5 heteroatoms. The van der Waals surface area contributed by atoms with Crippen LogP contribution in [0.5, 0.6) is 0 Å². The Kier molecular flexibility index (Phi) is 4.28. The van der Waals surface area contributed by atoms with Gasteiger partial charge in [-0.1, -0.05) is 6.07 Å². The summed E-state index contributed by atoms with van der Waals surface area (Å²) in [5, 5.41) is 4.66. The highest BCUT2D eigenvalue weighted by Crippen LogP contribution is 2.10. The lowest BCUT2D eigenvalue weighted by Crippen LogP contribution is -2.46. The maximum atomic E-state index is 11.9. The highest BCUT2D eigenvalue weighted by atomic mass is 32.1. The summed E-state index contributed by atoms with van der Waals surface area (Å²) in [4.78, 5) is 25.6. The summed E-state index contributed by atoms with van der Waals surface area (Å²) in [5.41, 5.74) is -0.274. The summed E-state index contributed by atoms with van der Waals surface area (Å²) < 4.78 is 0. The number of rotatable bonds is 3. The van der Waals surface area contributed by atoms with Crippen molar-refractivity contribution in [1.82, 2.24) is 10.2 Å². The Labute approximate surface area is 106 Å². The fraction of sp³-hybridized carbons (Fsp3) is 0.500. The average Bonchev–Trinajstić information content (AvgIpc) is 2.65. The monoisotopic (exact) mass is 254 g/mol. The van der Waals surface area contributed by atoms with Crippen molar-refractivity contribution in [2.75, 3.05) is 13.6 Å². The predicted octanol–water partition coefficient (Wildman–Crippen LogP) is 1.73. The van der Waals surface area contributed by atoms with Crippen LogP contribution >= 0.6 is 11.3 Å². The maximum absolute atomic E-state index is 11.9. The molecular formula is C12H18N2O2S. The van der Waals surface area contributed by atoms with E-state index in [1.54, 1.807) is 13.1 Å². The van der Waals surface area contributed by atoms with Gasteiger partial charge in [0.15, 0.2) is 0 Å². The zero-order valence-corrected chi connectivity index (χ0v) is 11.4. The zero-order valence-electron chi connectivity index (χ0n) is 10.6. The molecule has 0 saturated heterocycles. The second kappa shape index (κ2) is 5.31. The lowest BCUT2D eigenvalue weighted by molar-refractivity contribution is -0.122. The van der Waals surface area contributed by atoms with Crippen LogP contribution in [0.1, 0.15) is 30.4 Å². The highest BCUT2D eigenvalue weighted by Gasteiger charge is 2.18. The van der Waals surface area contributed by atoms with Gasteiger partial charge in [0.05, 0.1) is 11.4 Å². The molecule has 0 bridgehead atoms. The van der Waals surface area contributed by atoms with E-state index in [0.717, 1.165) is 0 Å². The molecular weight excluding hydrogens is 236 g/mol. The van der Waals surface area contributed by atoms with Crippen LogP contribution < -0.4 is 5.32 Å². The minimum Gasteiger partial charge on any atom is -0.350 e. The van der Waals surface area contributed by atoms with Crippen molar-refractivity contribution in [2.24, 2.45) is 0 Å². The van der Waals surface area contributed by atoms with Crippen molar-refractivity contribution < 1.29 is 9.59 Å². The Morgan fingerprint density at radius 2 is 2.06 bits per heavy atom. The molecule has 0 saturated carbocycles. The number of carbonyl (C=O) groups excluding carboxylic acids is 2. The molecule has 0 atom stereocenters. The molecule has 0 aromatic carbocycles. The summed E-state index contributed by atoms with van der Waals surface area (Å²) in [6.07, 6.45) is 0. The molecule has 94 valence electrons. The second-order valence-corrected chi connectivity index (χ2v) is 5.88. The van der Waals surface area contributed by atoms with Gasteiger partial charge < -0.3 is 10.2 Å². The van der Waals surface area contributed by atoms with Gasteiger partial charge >= 0.3 is 0 Å². The third-order valence-electron chi connectivity index (χ3n) is 1.97.